The minimum atomic E-state index is -4.69. The molecule has 5 rings (SSSR count). The Morgan fingerprint density at radius 1 is 0.886 bits per heavy atom. The number of piperazine rings is 1. The van der Waals surface area contributed by atoms with Gasteiger partial charge in [0.25, 0.3) is 0 Å². The molecule has 5 nitrogen and oxygen atoms in total. The van der Waals surface area contributed by atoms with Gasteiger partial charge < -0.3 is 9.64 Å². The molecule has 0 bridgehead atoms. The minimum Gasteiger partial charge on any atom is -0.406 e. The lowest BCUT2D eigenvalue weighted by Crippen LogP contribution is -2.53. The minimum absolute atomic E-state index is 0.220. The molecule has 0 N–H and O–H groups in total. The van der Waals surface area contributed by atoms with E-state index in [1.807, 2.05) is 11.0 Å². The highest BCUT2D eigenvalue weighted by Crippen LogP contribution is 2.30. The fraction of sp³-hybridized carbons (Fsp3) is 0.519. The molecule has 2 aromatic carbocycles. The van der Waals surface area contributed by atoms with Gasteiger partial charge in [-0.1, -0.05) is 43.2 Å². The number of ether oxygens (including phenoxy) is 1. The van der Waals surface area contributed by atoms with Gasteiger partial charge in [-0.25, -0.2) is 0 Å². The molecular weight excluding hydrogens is 455 g/mol. The molecular formula is C27H32F3N3O2. The molecule has 3 aliphatic rings. The van der Waals surface area contributed by atoms with Crippen molar-refractivity contribution in [1.82, 2.24) is 14.7 Å². The first-order valence-corrected chi connectivity index (χ1v) is 12.6. The lowest BCUT2D eigenvalue weighted by Gasteiger charge is -2.39. The van der Waals surface area contributed by atoms with Gasteiger partial charge in [0.15, 0.2) is 0 Å². The molecule has 1 saturated heterocycles. The second kappa shape index (κ2) is 10.2. The zero-order valence-electron chi connectivity index (χ0n) is 19.9. The Labute approximate surface area is 204 Å². The molecule has 1 aliphatic carbocycles. The number of nitrogens with zero attached hydrogens (tertiary/aromatic N) is 3. The average Bonchev–Trinajstić information content (AvgIpc) is 3.38. The van der Waals surface area contributed by atoms with Gasteiger partial charge in [-0.05, 0) is 53.6 Å². The number of fused-ring (bicyclic) bond motifs is 1. The van der Waals surface area contributed by atoms with Crippen LogP contribution in [0.4, 0.5) is 13.2 Å². The third-order valence-electron chi connectivity index (χ3n) is 7.59. The summed E-state index contributed by atoms with van der Waals surface area (Å²) in [5.41, 5.74) is 4.24. The van der Waals surface area contributed by atoms with Crippen LogP contribution in [0.25, 0.3) is 11.1 Å². The summed E-state index contributed by atoms with van der Waals surface area (Å²) in [5.74, 6) is -0.00298. The van der Waals surface area contributed by atoms with E-state index in [0.717, 1.165) is 62.9 Å². The summed E-state index contributed by atoms with van der Waals surface area (Å²) in [5, 5.41) is 0. The molecule has 2 aliphatic heterocycles. The highest BCUT2D eigenvalue weighted by Gasteiger charge is 2.31. The molecule has 188 valence electrons. The normalized spacial score (nSPS) is 20.1. The van der Waals surface area contributed by atoms with Crippen LogP contribution in [0.1, 0.15) is 36.8 Å². The van der Waals surface area contributed by atoms with Crippen molar-refractivity contribution in [2.75, 3.05) is 39.3 Å². The zero-order chi connectivity index (χ0) is 24.4. The van der Waals surface area contributed by atoms with Crippen molar-refractivity contribution in [3.63, 3.8) is 0 Å². The predicted molar refractivity (Wildman–Crippen MR) is 128 cm³/mol. The summed E-state index contributed by atoms with van der Waals surface area (Å²) in [6.45, 7) is 5.65. The van der Waals surface area contributed by atoms with Gasteiger partial charge in [0, 0.05) is 45.3 Å². The number of rotatable bonds is 5. The maximum Gasteiger partial charge on any atom is 0.573 e. The number of hydrogen-bond donors (Lipinski definition) is 0. The zero-order valence-corrected chi connectivity index (χ0v) is 19.9. The van der Waals surface area contributed by atoms with Crippen LogP contribution >= 0.6 is 0 Å². The van der Waals surface area contributed by atoms with Crippen LogP contribution in [0.3, 0.4) is 0 Å². The van der Waals surface area contributed by atoms with Crippen molar-refractivity contribution in [1.29, 1.82) is 0 Å². The second-order valence-corrected chi connectivity index (χ2v) is 9.87. The molecule has 0 unspecified atom stereocenters. The average molecular weight is 488 g/mol. The number of carbonyl (C=O) groups is 1. The Bertz CT molecular complexity index is 1030. The van der Waals surface area contributed by atoms with Gasteiger partial charge in [0.05, 0.1) is 6.54 Å². The summed E-state index contributed by atoms with van der Waals surface area (Å²) in [6, 6.07) is 12.9. The smallest absolute Gasteiger partial charge is 0.406 e. The summed E-state index contributed by atoms with van der Waals surface area (Å²) in [7, 11) is 0. The number of alkyl halides is 3. The quantitative estimate of drug-likeness (QED) is 0.613. The Balaban J connectivity index is 1.14. The maximum atomic E-state index is 12.9. The van der Waals surface area contributed by atoms with Gasteiger partial charge >= 0.3 is 6.36 Å². The van der Waals surface area contributed by atoms with Crippen LogP contribution in [-0.4, -0.2) is 72.3 Å². The first-order valence-electron chi connectivity index (χ1n) is 12.6. The van der Waals surface area contributed by atoms with E-state index in [1.54, 1.807) is 12.1 Å². The van der Waals surface area contributed by atoms with Crippen molar-refractivity contribution in [2.45, 2.75) is 51.1 Å². The molecule has 2 heterocycles. The molecule has 1 saturated carbocycles. The SMILES string of the molecule is O=C(CN1CCc2cc(-c3ccc(OC(F)(F)F)cc3)ccc2C1)N1CCN(C2CCCC2)CC1. The lowest BCUT2D eigenvalue weighted by molar-refractivity contribution is -0.274. The molecule has 2 aromatic rings. The Hall–Kier alpha value is -2.58. The van der Waals surface area contributed by atoms with Crippen molar-refractivity contribution in [3.05, 3.63) is 53.6 Å². The summed E-state index contributed by atoms with van der Waals surface area (Å²) in [4.78, 5) is 19.8. The molecule has 1 amide bonds. The van der Waals surface area contributed by atoms with Gasteiger partial charge in [-0.15, -0.1) is 13.2 Å². The fourth-order valence-electron chi connectivity index (χ4n) is 5.67. The highest BCUT2D eigenvalue weighted by atomic mass is 19.4. The van der Waals surface area contributed by atoms with E-state index in [0.29, 0.717) is 6.54 Å². The predicted octanol–water partition coefficient (Wildman–Crippen LogP) is 4.70. The van der Waals surface area contributed by atoms with Crippen molar-refractivity contribution in [2.24, 2.45) is 0 Å². The van der Waals surface area contributed by atoms with Crippen LogP contribution in [-0.2, 0) is 17.8 Å². The van der Waals surface area contributed by atoms with E-state index >= 15 is 0 Å². The molecule has 0 radical (unpaired) electrons. The van der Waals surface area contributed by atoms with Gasteiger partial charge in [0.2, 0.25) is 5.91 Å². The Morgan fingerprint density at radius 2 is 1.57 bits per heavy atom. The summed E-state index contributed by atoms with van der Waals surface area (Å²) in [6.07, 6.45) is 1.45. The topological polar surface area (TPSA) is 36.0 Å². The van der Waals surface area contributed by atoms with E-state index in [1.165, 1.54) is 48.9 Å². The van der Waals surface area contributed by atoms with Crippen molar-refractivity contribution >= 4 is 5.91 Å². The Morgan fingerprint density at radius 3 is 2.26 bits per heavy atom. The van der Waals surface area contributed by atoms with E-state index in [2.05, 4.69) is 26.7 Å². The maximum absolute atomic E-state index is 12.9. The van der Waals surface area contributed by atoms with E-state index in [-0.39, 0.29) is 11.7 Å². The molecule has 8 heteroatoms. The first-order chi connectivity index (χ1) is 16.8. The second-order valence-electron chi connectivity index (χ2n) is 9.87. The van der Waals surface area contributed by atoms with Crippen molar-refractivity contribution in [3.8, 4) is 16.9 Å². The third-order valence-corrected chi connectivity index (χ3v) is 7.59. The van der Waals surface area contributed by atoms with E-state index in [9.17, 15) is 18.0 Å². The van der Waals surface area contributed by atoms with Crippen LogP contribution in [0, 0.1) is 0 Å². The highest BCUT2D eigenvalue weighted by molar-refractivity contribution is 5.78. The third kappa shape index (κ3) is 5.98. The molecule has 0 spiro atoms. The van der Waals surface area contributed by atoms with Crippen LogP contribution < -0.4 is 4.74 Å². The molecule has 0 aromatic heterocycles. The first kappa shape index (κ1) is 24.1. The summed E-state index contributed by atoms with van der Waals surface area (Å²) < 4.78 is 41.1. The van der Waals surface area contributed by atoms with Gasteiger partial charge in [-0.2, -0.15) is 0 Å². The number of carbonyl (C=O) groups excluding carboxylic acids is 1. The van der Waals surface area contributed by atoms with Gasteiger partial charge in [-0.3, -0.25) is 14.6 Å². The summed E-state index contributed by atoms with van der Waals surface area (Å²) >= 11 is 0. The number of amides is 1. The Kier molecular flexibility index (Phi) is 7.02. The molecule has 2 fully saturated rings. The monoisotopic (exact) mass is 487 g/mol. The van der Waals surface area contributed by atoms with Crippen molar-refractivity contribution < 1.29 is 22.7 Å². The standard InChI is InChI=1S/C27H32F3N3O2/c28-27(29,30)35-25-9-7-20(8-10-25)21-5-6-23-18-31(12-11-22(23)17-21)19-26(34)33-15-13-32(14-16-33)24-3-1-2-4-24/h5-10,17,24H,1-4,11-16,18-19H2. The largest absolute Gasteiger partial charge is 0.573 e. The fourth-order valence-corrected chi connectivity index (χ4v) is 5.67. The van der Waals surface area contributed by atoms with Gasteiger partial charge in [0.1, 0.15) is 5.75 Å². The van der Waals surface area contributed by atoms with Crippen LogP contribution in [0.5, 0.6) is 5.75 Å². The number of halogens is 3. The lowest BCUT2D eigenvalue weighted by atomic mass is 9.94. The molecule has 35 heavy (non-hydrogen) atoms. The van der Waals surface area contributed by atoms with E-state index in [4.69, 9.17) is 0 Å². The van der Waals surface area contributed by atoms with Crippen LogP contribution in [0.15, 0.2) is 42.5 Å². The van der Waals surface area contributed by atoms with E-state index < -0.39 is 6.36 Å². The van der Waals surface area contributed by atoms with Crippen LogP contribution in [0.2, 0.25) is 0 Å². The molecule has 0 atom stereocenters. The number of benzene rings is 2. The number of hydrogen-bond acceptors (Lipinski definition) is 4.